The summed E-state index contributed by atoms with van der Waals surface area (Å²) >= 11 is 0. The Morgan fingerprint density at radius 2 is 2.05 bits per heavy atom. The molecule has 1 aromatic carbocycles. The molecule has 0 aliphatic carbocycles. The summed E-state index contributed by atoms with van der Waals surface area (Å²) in [5.41, 5.74) is 0.563. The molecular weight excluding hydrogens is 265 g/mol. The molecule has 0 spiro atoms. The molecule has 0 bridgehead atoms. The first-order chi connectivity index (χ1) is 8.87. The molecule has 0 atom stereocenters. The van der Waals surface area contributed by atoms with E-state index in [4.69, 9.17) is 0 Å². The number of nitro benzene ring substituents is 1. The Bertz CT molecular complexity index is 607. The lowest BCUT2D eigenvalue weighted by atomic mass is 10.2. The summed E-state index contributed by atoms with van der Waals surface area (Å²) in [4.78, 5) is 10.1. The van der Waals surface area contributed by atoms with Crippen molar-refractivity contribution in [1.82, 2.24) is 4.57 Å². The van der Waals surface area contributed by atoms with Crippen LogP contribution in [0.1, 0.15) is 0 Å². The van der Waals surface area contributed by atoms with Gasteiger partial charge < -0.3 is 4.57 Å². The van der Waals surface area contributed by atoms with Crippen LogP contribution in [0.15, 0.2) is 30.5 Å². The van der Waals surface area contributed by atoms with Gasteiger partial charge in [0, 0.05) is 35.8 Å². The van der Waals surface area contributed by atoms with Crippen LogP contribution in [0.5, 0.6) is 0 Å². The molecule has 2 rings (SSSR count). The van der Waals surface area contributed by atoms with E-state index in [1.54, 1.807) is 16.8 Å². The van der Waals surface area contributed by atoms with E-state index in [2.05, 4.69) is 4.74 Å². The van der Waals surface area contributed by atoms with Gasteiger partial charge in [-0.3, -0.25) is 14.9 Å². The SMILES string of the molecule is O=[N+]([O-])c1ccc2c(ccn2CCOC(F)(F)F)c1. The van der Waals surface area contributed by atoms with Crippen molar-refractivity contribution in [1.29, 1.82) is 0 Å². The molecule has 8 heteroatoms. The summed E-state index contributed by atoms with van der Waals surface area (Å²) in [7, 11) is 0. The molecule has 0 radical (unpaired) electrons. The third-order valence-corrected chi connectivity index (χ3v) is 2.56. The van der Waals surface area contributed by atoms with Crippen LogP contribution < -0.4 is 0 Å². The maximum Gasteiger partial charge on any atom is 0.522 e. The summed E-state index contributed by atoms with van der Waals surface area (Å²) in [6, 6.07) is 5.79. The van der Waals surface area contributed by atoms with Crippen molar-refractivity contribution in [3.8, 4) is 0 Å². The highest BCUT2D eigenvalue weighted by atomic mass is 19.4. The number of alkyl halides is 3. The Morgan fingerprint density at radius 1 is 1.32 bits per heavy atom. The molecule has 0 N–H and O–H groups in total. The molecule has 0 unspecified atom stereocenters. The van der Waals surface area contributed by atoms with Gasteiger partial charge in [-0.1, -0.05) is 0 Å². The van der Waals surface area contributed by atoms with Crippen LogP contribution in [0.3, 0.4) is 0 Å². The lowest BCUT2D eigenvalue weighted by Crippen LogP contribution is -2.17. The number of aromatic nitrogens is 1. The number of non-ortho nitro benzene ring substituents is 1. The van der Waals surface area contributed by atoms with Crippen LogP contribution in [-0.4, -0.2) is 22.5 Å². The highest BCUT2D eigenvalue weighted by Gasteiger charge is 2.28. The fourth-order valence-corrected chi connectivity index (χ4v) is 1.76. The summed E-state index contributed by atoms with van der Waals surface area (Å²) in [6.45, 7) is -0.495. The molecule has 0 fully saturated rings. The fraction of sp³-hybridized carbons (Fsp3) is 0.273. The highest BCUT2D eigenvalue weighted by Crippen LogP contribution is 2.22. The van der Waals surface area contributed by atoms with Crippen LogP contribution in [-0.2, 0) is 11.3 Å². The van der Waals surface area contributed by atoms with Crippen LogP contribution in [0.2, 0.25) is 0 Å². The Balaban J connectivity index is 2.15. The maximum atomic E-state index is 11.8. The predicted octanol–water partition coefficient (Wildman–Crippen LogP) is 3.09. The lowest BCUT2D eigenvalue weighted by Gasteiger charge is -2.08. The second-order valence-electron chi connectivity index (χ2n) is 3.80. The van der Waals surface area contributed by atoms with Gasteiger partial charge in [-0.15, -0.1) is 13.2 Å². The van der Waals surface area contributed by atoms with Crippen molar-refractivity contribution in [2.24, 2.45) is 0 Å². The van der Waals surface area contributed by atoms with Crippen LogP contribution in [0, 0.1) is 10.1 Å². The van der Waals surface area contributed by atoms with Gasteiger partial charge in [0.15, 0.2) is 0 Å². The quantitative estimate of drug-likeness (QED) is 0.636. The normalized spacial score (nSPS) is 11.9. The van der Waals surface area contributed by atoms with Crippen molar-refractivity contribution in [2.45, 2.75) is 12.9 Å². The zero-order chi connectivity index (χ0) is 14.0. The zero-order valence-corrected chi connectivity index (χ0v) is 9.55. The molecule has 0 aliphatic rings. The second-order valence-corrected chi connectivity index (χ2v) is 3.80. The molecule has 2 aromatic rings. The molecule has 19 heavy (non-hydrogen) atoms. The molecule has 1 aromatic heterocycles. The summed E-state index contributed by atoms with van der Waals surface area (Å²) in [5, 5.41) is 11.2. The Kier molecular flexibility index (Phi) is 3.43. The summed E-state index contributed by atoms with van der Waals surface area (Å²) in [6.07, 6.45) is -3.09. The summed E-state index contributed by atoms with van der Waals surface area (Å²) in [5.74, 6) is 0. The Morgan fingerprint density at radius 3 is 2.68 bits per heavy atom. The topological polar surface area (TPSA) is 57.3 Å². The number of ether oxygens (including phenoxy) is 1. The Labute approximate surface area is 105 Å². The van der Waals surface area contributed by atoms with Gasteiger partial charge in [0.05, 0.1) is 11.5 Å². The van der Waals surface area contributed by atoms with Crippen LogP contribution in [0.25, 0.3) is 10.9 Å². The van der Waals surface area contributed by atoms with Crippen molar-refractivity contribution in [3.05, 3.63) is 40.6 Å². The van der Waals surface area contributed by atoms with Gasteiger partial charge in [0.1, 0.15) is 0 Å². The standard InChI is InChI=1S/C11H9F3N2O3/c12-11(13,14)19-6-5-15-4-3-8-7-9(16(17)18)1-2-10(8)15/h1-4,7H,5-6H2. The van der Waals surface area contributed by atoms with Crippen LogP contribution in [0.4, 0.5) is 18.9 Å². The van der Waals surface area contributed by atoms with E-state index in [0.29, 0.717) is 10.9 Å². The molecule has 0 amide bonds. The highest BCUT2D eigenvalue weighted by molar-refractivity contribution is 5.82. The van der Waals surface area contributed by atoms with Gasteiger partial charge in [-0.2, -0.15) is 0 Å². The first kappa shape index (κ1) is 13.3. The molecular formula is C11H9F3N2O3. The minimum absolute atomic E-state index is 0.0147. The second kappa shape index (κ2) is 4.88. The van der Waals surface area contributed by atoms with E-state index in [1.807, 2.05) is 0 Å². The van der Waals surface area contributed by atoms with Crippen molar-refractivity contribution in [2.75, 3.05) is 6.61 Å². The number of nitro groups is 1. The van der Waals surface area contributed by atoms with E-state index < -0.39 is 17.9 Å². The van der Waals surface area contributed by atoms with Crippen molar-refractivity contribution < 1.29 is 22.8 Å². The largest absolute Gasteiger partial charge is 0.522 e. The van der Waals surface area contributed by atoms with Crippen molar-refractivity contribution >= 4 is 16.6 Å². The molecule has 1 heterocycles. The Hall–Kier alpha value is -2.09. The fourth-order valence-electron chi connectivity index (χ4n) is 1.76. The van der Waals surface area contributed by atoms with Crippen molar-refractivity contribution in [3.63, 3.8) is 0 Å². The van der Waals surface area contributed by atoms with Gasteiger partial charge in [0.25, 0.3) is 5.69 Å². The van der Waals surface area contributed by atoms with E-state index in [0.717, 1.165) is 0 Å². The molecule has 0 saturated carbocycles. The smallest absolute Gasteiger partial charge is 0.345 e. The number of nitrogens with zero attached hydrogens (tertiary/aromatic N) is 2. The maximum absolute atomic E-state index is 11.8. The monoisotopic (exact) mass is 274 g/mol. The third-order valence-electron chi connectivity index (χ3n) is 2.56. The first-order valence-corrected chi connectivity index (χ1v) is 5.31. The van der Waals surface area contributed by atoms with E-state index >= 15 is 0 Å². The third kappa shape index (κ3) is 3.22. The average Bonchev–Trinajstić information content (AvgIpc) is 2.70. The van der Waals surface area contributed by atoms with Gasteiger partial charge in [0.2, 0.25) is 0 Å². The van der Waals surface area contributed by atoms with E-state index in [1.165, 1.54) is 18.2 Å². The van der Waals surface area contributed by atoms with E-state index in [9.17, 15) is 23.3 Å². The van der Waals surface area contributed by atoms with Gasteiger partial charge in [-0.25, -0.2) is 0 Å². The average molecular weight is 274 g/mol. The number of rotatable bonds is 4. The molecule has 5 nitrogen and oxygen atoms in total. The zero-order valence-electron chi connectivity index (χ0n) is 9.55. The van der Waals surface area contributed by atoms with Gasteiger partial charge in [-0.05, 0) is 12.1 Å². The molecule has 0 saturated heterocycles. The number of hydrogen-bond acceptors (Lipinski definition) is 3. The predicted molar refractivity (Wildman–Crippen MR) is 60.6 cm³/mol. The molecule has 0 aliphatic heterocycles. The number of benzene rings is 1. The summed E-state index contributed by atoms with van der Waals surface area (Å²) < 4.78 is 40.7. The number of halogens is 3. The lowest BCUT2D eigenvalue weighted by molar-refractivity contribution is -0.384. The minimum Gasteiger partial charge on any atom is -0.345 e. The number of hydrogen-bond donors (Lipinski definition) is 0. The first-order valence-electron chi connectivity index (χ1n) is 5.31. The van der Waals surface area contributed by atoms with Gasteiger partial charge >= 0.3 is 6.36 Å². The van der Waals surface area contributed by atoms with Crippen LogP contribution >= 0.6 is 0 Å². The molecule has 102 valence electrons. The number of fused-ring (bicyclic) bond motifs is 1. The minimum atomic E-state index is -4.65. The van der Waals surface area contributed by atoms with E-state index in [-0.39, 0.29) is 12.2 Å².